The molecule has 8 nitrogen and oxygen atoms in total. The molecule has 0 bridgehead atoms. The molecule has 0 spiro atoms. The van der Waals surface area contributed by atoms with Crippen LogP contribution in [0.5, 0.6) is 0 Å². The van der Waals surface area contributed by atoms with Crippen LogP contribution in [0.15, 0.2) is 0 Å². The van der Waals surface area contributed by atoms with E-state index in [0.717, 1.165) is 12.8 Å². The Bertz CT molecular complexity index is 391. The maximum Gasteiger partial charge on any atom is 0.326 e. The van der Waals surface area contributed by atoms with Gasteiger partial charge in [0.25, 0.3) is 0 Å². The number of carbonyl (C=O) groups is 3. The van der Waals surface area contributed by atoms with Gasteiger partial charge in [-0.2, -0.15) is 0 Å². The van der Waals surface area contributed by atoms with Crippen LogP contribution in [0.4, 0.5) is 4.79 Å². The summed E-state index contributed by atoms with van der Waals surface area (Å²) in [5, 5.41) is 20.0. The monoisotopic (exact) mass is 301 g/mol. The maximum atomic E-state index is 12.0. The van der Waals surface area contributed by atoms with E-state index < -0.39 is 24.0 Å². The molecule has 2 amide bonds. The molecular formula is C13H23N3O5. The lowest BCUT2D eigenvalue weighted by atomic mass is 10.0. The number of nitrogens with zero attached hydrogens (tertiary/aromatic N) is 2. The summed E-state index contributed by atoms with van der Waals surface area (Å²) in [6.07, 6.45) is 1.27. The standard InChI is InChI=1S/C13H23N3O5/c1-15(2)9-5-7-16(8-6-9)13(21)14-10(12(19)20)3-4-11(17)18/h9-10H,3-8H2,1-2H3,(H,14,21)(H,17,18)(H,19,20)/t10-/m0/s1. The fraction of sp³-hybridized carbons (Fsp3) is 0.769. The summed E-state index contributed by atoms with van der Waals surface area (Å²) >= 11 is 0. The van der Waals surface area contributed by atoms with Crippen LogP contribution in [-0.2, 0) is 9.59 Å². The van der Waals surface area contributed by atoms with Crippen LogP contribution in [0.1, 0.15) is 25.7 Å². The van der Waals surface area contributed by atoms with Crippen LogP contribution < -0.4 is 5.32 Å². The SMILES string of the molecule is CN(C)C1CCN(C(=O)N[C@@H](CCC(=O)O)C(=O)O)CC1. The average Bonchev–Trinajstić information content (AvgIpc) is 2.42. The second-order valence-corrected chi connectivity index (χ2v) is 5.45. The van der Waals surface area contributed by atoms with Crippen LogP contribution in [0.3, 0.4) is 0 Å². The van der Waals surface area contributed by atoms with Gasteiger partial charge in [-0.25, -0.2) is 9.59 Å². The van der Waals surface area contributed by atoms with Crippen LogP contribution in [0.2, 0.25) is 0 Å². The Morgan fingerprint density at radius 2 is 1.81 bits per heavy atom. The second-order valence-electron chi connectivity index (χ2n) is 5.45. The molecule has 0 radical (unpaired) electrons. The lowest BCUT2D eigenvalue weighted by molar-refractivity contribution is -0.140. The highest BCUT2D eigenvalue weighted by Crippen LogP contribution is 2.14. The highest BCUT2D eigenvalue weighted by molar-refractivity contribution is 5.83. The average molecular weight is 301 g/mol. The van der Waals surface area contributed by atoms with Crippen molar-refractivity contribution in [2.24, 2.45) is 0 Å². The van der Waals surface area contributed by atoms with E-state index in [2.05, 4.69) is 10.2 Å². The van der Waals surface area contributed by atoms with Gasteiger partial charge in [-0.05, 0) is 33.4 Å². The Kier molecular flexibility index (Phi) is 6.41. The van der Waals surface area contributed by atoms with Gasteiger partial charge < -0.3 is 25.3 Å². The van der Waals surface area contributed by atoms with Crippen LogP contribution in [0.25, 0.3) is 0 Å². The van der Waals surface area contributed by atoms with Crippen LogP contribution >= 0.6 is 0 Å². The van der Waals surface area contributed by atoms with Crippen molar-refractivity contribution in [3.8, 4) is 0 Å². The van der Waals surface area contributed by atoms with Gasteiger partial charge in [0.1, 0.15) is 6.04 Å². The fourth-order valence-electron chi connectivity index (χ4n) is 2.35. The summed E-state index contributed by atoms with van der Waals surface area (Å²) in [6, 6.07) is -1.18. The summed E-state index contributed by atoms with van der Waals surface area (Å²) in [6.45, 7) is 1.14. The smallest absolute Gasteiger partial charge is 0.326 e. The van der Waals surface area contributed by atoms with Gasteiger partial charge in [-0.1, -0.05) is 0 Å². The Labute approximate surface area is 123 Å². The van der Waals surface area contributed by atoms with E-state index in [1.165, 1.54) is 0 Å². The number of nitrogens with one attached hydrogen (secondary N) is 1. The molecule has 1 atom stereocenters. The Morgan fingerprint density at radius 1 is 1.24 bits per heavy atom. The zero-order valence-corrected chi connectivity index (χ0v) is 12.4. The number of carboxylic acids is 2. The van der Waals surface area contributed by atoms with Gasteiger partial charge in [0.15, 0.2) is 0 Å². The summed E-state index contributed by atoms with van der Waals surface area (Å²) < 4.78 is 0. The highest BCUT2D eigenvalue weighted by atomic mass is 16.4. The summed E-state index contributed by atoms with van der Waals surface area (Å²) in [7, 11) is 3.99. The van der Waals surface area contributed by atoms with E-state index in [4.69, 9.17) is 10.2 Å². The Balaban J connectivity index is 2.47. The molecular weight excluding hydrogens is 278 g/mol. The normalized spacial score (nSPS) is 17.6. The number of hydrogen-bond donors (Lipinski definition) is 3. The summed E-state index contributed by atoms with van der Waals surface area (Å²) in [4.78, 5) is 37.2. The molecule has 0 aromatic carbocycles. The minimum atomic E-state index is -1.22. The van der Waals surface area contributed by atoms with E-state index in [1.807, 2.05) is 14.1 Å². The zero-order valence-electron chi connectivity index (χ0n) is 12.4. The molecule has 120 valence electrons. The van der Waals surface area contributed by atoms with Gasteiger partial charge in [0.2, 0.25) is 0 Å². The first-order chi connectivity index (χ1) is 9.81. The number of rotatable bonds is 6. The minimum absolute atomic E-state index is 0.120. The number of carbonyl (C=O) groups excluding carboxylic acids is 1. The molecule has 0 aromatic rings. The third-order valence-electron chi connectivity index (χ3n) is 3.72. The number of urea groups is 1. The van der Waals surface area contributed by atoms with Crippen molar-refractivity contribution in [1.29, 1.82) is 0 Å². The van der Waals surface area contributed by atoms with Crippen molar-refractivity contribution in [1.82, 2.24) is 15.1 Å². The molecule has 1 rings (SSSR count). The molecule has 1 fully saturated rings. The first-order valence-electron chi connectivity index (χ1n) is 6.97. The Hall–Kier alpha value is -1.83. The summed E-state index contributed by atoms with van der Waals surface area (Å²) in [5.74, 6) is -2.30. The van der Waals surface area contributed by atoms with Crippen molar-refractivity contribution < 1.29 is 24.6 Å². The van der Waals surface area contributed by atoms with Gasteiger partial charge >= 0.3 is 18.0 Å². The van der Waals surface area contributed by atoms with Crippen LogP contribution in [0, 0.1) is 0 Å². The predicted molar refractivity (Wildman–Crippen MR) is 75.1 cm³/mol. The lowest BCUT2D eigenvalue weighted by Crippen LogP contribution is -2.52. The number of amides is 2. The quantitative estimate of drug-likeness (QED) is 0.639. The third-order valence-corrected chi connectivity index (χ3v) is 3.72. The van der Waals surface area contributed by atoms with Gasteiger partial charge in [-0.3, -0.25) is 4.79 Å². The number of aliphatic carboxylic acids is 2. The Morgan fingerprint density at radius 3 is 2.24 bits per heavy atom. The van der Waals surface area contributed by atoms with Crippen molar-refractivity contribution in [3.63, 3.8) is 0 Å². The van der Waals surface area contributed by atoms with E-state index >= 15 is 0 Å². The van der Waals surface area contributed by atoms with E-state index in [0.29, 0.717) is 19.1 Å². The molecule has 1 aliphatic heterocycles. The first kappa shape index (κ1) is 17.2. The van der Waals surface area contributed by atoms with Gasteiger partial charge in [0.05, 0.1) is 0 Å². The van der Waals surface area contributed by atoms with Gasteiger partial charge in [0, 0.05) is 25.6 Å². The fourth-order valence-corrected chi connectivity index (χ4v) is 2.35. The number of hydrogen-bond acceptors (Lipinski definition) is 4. The third kappa shape index (κ3) is 5.58. The van der Waals surface area contributed by atoms with Crippen molar-refractivity contribution in [2.75, 3.05) is 27.2 Å². The molecule has 1 heterocycles. The summed E-state index contributed by atoms with van der Waals surface area (Å²) in [5.41, 5.74) is 0. The van der Waals surface area contributed by atoms with E-state index in [1.54, 1.807) is 4.90 Å². The topological polar surface area (TPSA) is 110 Å². The van der Waals surface area contributed by atoms with Crippen molar-refractivity contribution in [3.05, 3.63) is 0 Å². The molecule has 0 aromatic heterocycles. The molecule has 0 saturated carbocycles. The van der Waals surface area contributed by atoms with Crippen molar-refractivity contribution in [2.45, 2.75) is 37.8 Å². The van der Waals surface area contributed by atoms with E-state index in [-0.39, 0.29) is 12.8 Å². The maximum absolute atomic E-state index is 12.0. The van der Waals surface area contributed by atoms with Crippen LogP contribution in [-0.4, -0.2) is 77.3 Å². The first-order valence-corrected chi connectivity index (χ1v) is 6.97. The number of carboxylic acid groups (broad SMARTS) is 2. The second kappa shape index (κ2) is 7.82. The molecule has 8 heteroatoms. The molecule has 0 unspecified atom stereocenters. The van der Waals surface area contributed by atoms with E-state index in [9.17, 15) is 14.4 Å². The predicted octanol–water partition coefficient (Wildman–Crippen LogP) is 0.0400. The molecule has 1 saturated heterocycles. The zero-order chi connectivity index (χ0) is 16.0. The van der Waals surface area contributed by atoms with Crippen molar-refractivity contribution >= 4 is 18.0 Å². The number of likely N-dealkylation sites (tertiary alicyclic amines) is 1. The highest BCUT2D eigenvalue weighted by Gasteiger charge is 2.27. The number of piperidine rings is 1. The molecule has 1 aliphatic rings. The minimum Gasteiger partial charge on any atom is -0.481 e. The van der Waals surface area contributed by atoms with Gasteiger partial charge in [-0.15, -0.1) is 0 Å². The molecule has 21 heavy (non-hydrogen) atoms. The largest absolute Gasteiger partial charge is 0.481 e. The molecule has 3 N–H and O–H groups in total. The lowest BCUT2D eigenvalue weighted by Gasteiger charge is -2.35. The molecule has 0 aliphatic carbocycles.